The summed E-state index contributed by atoms with van der Waals surface area (Å²) in [7, 11) is 0. The third-order valence-electron chi connectivity index (χ3n) is 1.85. The normalized spacial score (nSPS) is 12.5. The summed E-state index contributed by atoms with van der Waals surface area (Å²) in [5.74, 6) is -0.938. The maximum absolute atomic E-state index is 10.5. The second-order valence-electron chi connectivity index (χ2n) is 2.86. The largest absolute Gasteiger partial charge is 0.508 e. The number of hydrogen-bond donors (Lipinski definition) is 3. The number of phenolic OH excluding ortho intramolecular Hbond substituents is 1. The number of nitrogens with two attached hydrogens (primary N) is 1. The van der Waals surface area contributed by atoms with Gasteiger partial charge in [0.05, 0.1) is 0 Å². The first-order chi connectivity index (χ1) is 6.02. The van der Waals surface area contributed by atoms with Crippen LogP contribution in [0, 0.1) is 6.92 Å². The number of benzene rings is 1. The van der Waals surface area contributed by atoms with E-state index in [9.17, 15) is 9.90 Å². The maximum atomic E-state index is 10.5. The molecule has 1 unspecified atom stereocenters. The molecule has 0 fully saturated rings. The van der Waals surface area contributed by atoms with Crippen molar-refractivity contribution in [2.75, 3.05) is 0 Å². The molecule has 4 heteroatoms. The van der Waals surface area contributed by atoms with E-state index in [0.29, 0.717) is 11.1 Å². The van der Waals surface area contributed by atoms with Crippen LogP contribution in [-0.4, -0.2) is 16.2 Å². The predicted molar refractivity (Wildman–Crippen MR) is 47.4 cm³/mol. The molecule has 13 heavy (non-hydrogen) atoms. The zero-order valence-corrected chi connectivity index (χ0v) is 7.19. The molecule has 1 aromatic rings. The molecular formula is C9H11NO3. The minimum Gasteiger partial charge on any atom is -0.508 e. The summed E-state index contributed by atoms with van der Waals surface area (Å²) in [6, 6.07) is 3.47. The van der Waals surface area contributed by atoms with Crippen LogP contribution < -0.4 is 5.73 Å². The topological polar surface area (TPSA) is 83.6 Å². The minimum absolute atomic E-state index is 0.140. The number of aliphatic carboxylic acids is 1. The van der Waals surface area contributed by atoms with Crippen molar-refractivity contribution in [3.63, 3.8) is 0 Å². The Balaban J connectivity index is 3.03. The van der Waals surface area contributed by atoms with Gasteiger partial charge >= 0.3 is 5.97 Å². The van der Waals surface area contributed by atoms with Crippen LogP contribution in [0.2, 0.25) is 0 Å². The van der Waals surface area contributed by atoms with Crippen molar-refractivity contribution in [3.05, 3.63) is 29.3 Å². The number of aromatic hydroxyl groups is 1. The summed E-state index contributed by atoms with van der Waals surface area (Å²) >= 11 is 0. The third kappa shape index (κ3) is 1.97. The number of phenols is 1. The summed E-state index contributed by atoms with van der Waals surface area (Å²) in [6.45, 7) is 1.69. The van der Waals surface area contributed by atoms with Gasteiger partial charge < -0.3 is 15.9 Å². The number of carboxylic acid groups (broad SMARTS) is 1. The van der Waals surface area contributed by atoms with E-state index < -0.39 is 12.0 Å². The molecule has 0 aliphatic heterocycles. The smallest absolute Gasteiger partial charge is 0.325 e. The molecule has 4 nitrogen and oxygen atoms in total. The van der Waals surface area contributed by atoms with Gasteiger partial charge in [0.1, 0.15) is 11.8 Å². The van der Waals surface area contributed by atoms with Crippen molar-refractivity contribution in [2.24, 2.45) is 5.73 Å². The lowest BCUT2D eigenvalue weighted by Crippen LogP contribution is -2.20. The first-order valence-corrected chi connectivity index (χ1v) is 3.80. The van der Waals surface area contributed by atoms with Crippen LogP contribution in [0.25, 0.3) is 0 Å². The Bertz CT molecular complexity index is 336. The highest BCUT2D eigenvalue weighted by atomic mass is 16.4. The van der Waals surface area contributed by atoms with Gasteiger partial charge in [0.2, 0.25) is 0 Å². The Labute approximate surface area is 75.6 Å². The molecule has 0 aliphatic rings. The zero-order chi connectivity index (χ0) is 10.0. The molecule has 1 aromatic carbocycles. The van der Waals surface area contributed by atoms with Crippen molar-refractivity contribution < 1.29 is 15.0 Å². The molecule has 0 aromatic heterocycles. The van der Waals surface area contributed by atoms with E-state index >= 15 is 0 Å². The van der Waals surface area contributed by atoms with E-state index in [-0.39, 0.29) is 5.75 Å². The second kappa shape index (κ2) is 3.45. The van der Waals surface area contributed by atoms with Gasteiger partial charge in [0.25, 0.3) is 0 Å². The molecule has 0 aliphatic carbocycles. The van der Waals surface area contributed by atoms with Crippen LogP contribution in [0.15, 0.2) is 18.2 Å². The van der Waals surface area contributed by atoms with Gasteiger partial charge in [0, 0.05) is 0 Å². The Morgan fingerprint density at radius 3 is 2.62 bits per heavy atom. The molecule has 0 heterocycles. The van der Waals surface area contributed by atoms with E-state index in [4.69, 9.17) is 10.8 Å². The first kappa shape index (κ1) is 9.54. The fourth-order valence-electron chi connectivity index (χ4n) is 1.01. The summed E-state index contributed by atoms with van der Waals surface area (Å²) in [4.78, 5) is 10.5. The van der Waals surface area contributed by atoms with Crippen molar-refractivity contribution in [1.82, 2.24) is 0 Å². The molecule has 0 amide bonds. The summed E-state index contributed by atoms with van der Waals surface area (Å²) in [5.41, 5.74) is 6.48. The zero-order valence-electron chi connectivity index (χ0n) is 7.19. The number of carbonyl (C=O) groups is 1. The molecule has 4 N–H and O–H groups in total. The lowest BCUT2D eigenvalue weighted by atomic mass is 10.0. The quantitative estimate of drug-likeness (QED) is 0.629. The highest BCUT2D eigenvalue weighted by Gasteiger charge is 2.14. The number of aryl methyl sites for hydroxylation is 1. The highest BCUT2D eigenvalue weighted by molar-refractivity contribution is 5.75. The van der Waals surface area contributed by atoms with Gasteiger partial charge in [0.15, 0.2) is 0 Å². The van der Waals surface area contributed by atoms with Crippen LogP contribution in [-0.2, 0) is 4.79 Å². The van der Waals surface area contributed by atoms with E-state index in [0.717, 1.165) is 0 Å². The van der Waals surface area contributed by atoms with Gasteiger partial charge in [-0.25, -0.2) is 0 Å². The lowest BCUT2D eigenvalue weighted by molar-refractivity contribution is -0.138. The average Bonchev–Trinajstić information content (AvgIpc) is 2.08. The van der Waals surface area contributed by atoms with E-state index in [1.165, 1.54) is 12.1 Å². The summed E-state index contributed by atoms with van der Waals surface area (Å²) in [6.07, 6.45) is 0. The Hall–Kier alpha value is -1.55. The van der Waals surface area contributed by atoms with Crippen LogP contribution in [0.3, 0.4) is 0 Å². The Morgan fingerprint density at radius 2 is 2.15 bits per heavy atom. The fourth-order valence-corrected chi connectivity index (χ4v) is 1.01. The molecule has 0 spiro atoms. The van der Waals surface area contributed by atoms with Crippen molar-refractivity contribution in [2.45, 2.75) is 13.0 Å². The molecule has 0 saturated heterocycles. The molecule has 1 rings (SSSR count). The number of hydrogen-bond acceptors (Lipinski definition) is 3. The third-order valence-corrected chi connectivity index (χ3v) is 1.85. The van der Waals surface area contributed by atoms with Crippen LogP contribution in [0.4, 0.5) is 0 Å². The maximum Gasteiger partial charge on any atom is 0.325 e. The van der Waals surface area contributed by atoms with Gasteiger partial charge in [-0.15, -0.1) is 0 Å². The lowest BCUT2D eigenvalue weighted by Gasteiger charge is -2.07. The standard InChI is InChI=1S/C9H11NO3/c1-5-4-6(2-3-7(5)11)8(10)9(12)13/h2-4,8,11H,10H2,1H3,(H,12,13). The van der Waals surface area contributed by atoms with Crippen LogP contribution in [0.1, 0.15) is 17.2 Å². The van der Waals surface area contributed by atoms with Crippen LogP contribution in [0.5, 0.6) is 5.75 Å². The number of rotatable bonds is 2. The van der Waals surface area contributed by atoms with Gasteiger partial charge in [-0.3, -0.25) is 4.79 Å². The average molecular weight is 181 g/mol. The van der Waals surface area contributed by atoms with Crippen molar-refractivity contribution in [3.8, 4) is 5.75 Å². The van der Waals surface area contributed by atoms with E-state index in [1.54, 1.807) is 13.0 Å². The Kier molecular flexibility index (Phi) is 2.53. The monoisotopic (exact) mass is 181 g/mol. The molecule has 0 saturated carbocycles. The van der Waals surface area contributed by atoms with Gasteiger partial charge in [-0.05, 0) is 24.1 Å². The van der Waals surface area contributed by atoms with Gasteiger partial charge in [-0.2, -0.15) is 0 Å². The minimum atomic E-state index is -1.08. The molecular weight excluding hydrogens is 170 g/mol. The first-order valence-electron chi connectivity index (χ1n) is 3.80. The predicted octanol–water partition coefficient (Wildman–Crippen LogP) is 0.785. The van der Waals surface area contributed by atoms with Crippen molar-refractivity contribution in [1.29, 1.82) is 0 Å². The Morgan fingerprint density at radius 1 is 1.54 bits per heavy atom. The summed E-state index contributed by atoms with van der Waals surface area (Å²) in [5, 5.41) is 17.8. The van der Waals surface area contributed by atoms with Crippen molar-refractivity contribution >= 4 is 5.97 Å². The molecule has 0 radical (unpaired) electrons. The molecule has 70 valence electrons. The SMILES string of the molecule is Cc1cc(C(N)C(=O)O)ccc1O. The number of carboxylic acids is 1. The van der Waals surface area contributed by atoms with E-state index in [1.807, 2.05) is 0 Å². The molecule has 0 bridgehead atoms. The second-order valence-corrected chi connectivity index (χ2v) is 2.86. The molecule has 1 atom stereocenters. The fraction of sp³-hybridized carbons (Fsp3) is 0.222. The van der Waals surface area contributed by atoms with Gasteiger partial charge in [-0.1, -0.05) is 12.1 Å². The van der Waals surface area contributed by atoms with E-state index in [2.05, 4.69) is 0 Å². The van der Waals surface area contributed by atoms with Crippen LogP contribution >= 0.6 is 0 Å². The highest BCUT2D eigenvalue weighted by Crippen LogP contribution is 2.20. The summed E-state index contributed by atoms with van der Waals surface area (Å²) < 4.78 is 0.